The number of furan rings is 1. The summed E-state index contributed by atoms with van der Waals surface area (Å²) < 4.78 is 5.38. The molecule has 0 saturated carbocycles. The first kappa shape index (κ1) is 9.39. The quantitative estimate of drug-likeness (QED) is 0.722. The molecule has 0 N–H and O–H groups in total. The molecule has 82 valence electrons. The van der Waals surface area contributed by atoms with Crippen molar-refractivity contribution in [3.8, 4) is 0 Å². The number of rotatable bonds is 2. The van der Waals surface area contributed by atoms with Crippen LogP contribution >= 0.6 is 0 Å². The Labute approximate surface area is 92.9 Å². The van der Waals surface area contributed by atoms with Crippen LogP contribution < -0.4 is 4.90 Å². The van der Waals surface area contributed by atoms with Crippen molar-refractivity contribution in [1.82, 2.24) is 4.98 Å². The van der Waals surface area contributed by atoms with Gasteiger partial charge in [-0.1, -0.05) is 0 Å². The molecule has 1 aliphatic heterocycles. The van der Waals surface area contributed by atoms with Gasteiger partial charge >= 0.3 is 0 Å². The second-order valence-electron chi connectivity index (χ2n) is 4.01. The summed E-state index contributed by atoms with van der Waals surface area (Å²) in [5.74, 6) is 1.30. The largest absolute Gasteiger partial charge is 0.453 e. The van der Waals surface area contributed by atoms with Gasteiger partial charge in [-0.25, -0.2) is 4.98 Å². The van der Waals surface area contributed by atoms with Crippen LogP contribution in [0.1, 0.15) is 23.4 Å². The van der Waals surface area contributed by atoms with Crippen molar-refractivity contribution in [2.24, 2.45) is 0 Å². The van der Waals surface area contributed by atoms with Crippen LogP contribution in [0.2, 0.25) is 0 Å². The van der Waals surface area contributed by atoms with E-state index < -0.39 is 0 Å². The fourth-order valence-electron chi connectivity index (χ4n) is 2.21. The molecule has 0 bridgehead atoms. The fraction of sp³-hybridized carbons (Fsp3) is 0.333. The van der Waals surface area contributed by atoms with Gasteiger partial charge < -0.3 is 9.32 Å². The Morgan fingerprint density at radius 3 is 2.94 bits per heavy atom. The number of aromatic nitrogens is 1. The second-order valence-corrected chi connectivity index (χ2v) is 4.01. The number of anilines is 1. The highest BCUT2D eigenvalue weighted by Crippen LogP contribution is 2.28. The van der Waals surface area contributed by atoms with Gasteiger partial charge in [-0.3, -0.25) is 4.79 Å². The molecule has 1 aliphatic rings. The first-order valence-corrected chi connectivity index (χ1v) is 5.47. The average molecular weight is 216 g/mol. The zero-order valence-electron chi connectivity index (χ0n) is 8.85. The highest BCUT2D eigenvalue weighted by atomic mass is 16.3. The minimum atomic E-state index is 0.364. The number of fused-ring (bicyclic) bond motifs is 1. The second kappa shape index (κ2) is 3.63. The molecule has 3 heterocycles. The Morgan fingerprint density at radius 2 is 2.19 bits per heavy atom. The van der Waals surface area contributed by atoms with E-state index in [0.717, 1.165) is 36.2 Å². The molecular weight excluding hydrogens is 204 g/mol. The molecule has 2 aromatic heterocycles. The molecule has 4 heteroatoms. The van der Waals surface area contributed by atoms with E-state index in [1.807, 2.05) is 0 Å². The summed E-state index contributed by atoms with van der Waals surface area (Å²) in [6.07, 6.45) is 4.87. The van der Waals surface area contributed by atoms with Crippen molar-refractivity contribution in [2.45, 2.75) is 12.8 Å². The van der Waals surface area contributed by atoms with Crippen molar-refractivity contribution >= 4 is 23.1 Å². The van der Waals surface area contributed by atoms with Crippen LogP contribution in [0.25, 0.3) is 11.0 Å². The molecule has 0 amide bonds. The van der Waals surface area contributed by atoms with Crippen molar-refractivity contribution in [1.29, 1.82) is 0 Å². The number of hydrogen-bond acceptors (Lipinski definition) is 4. The maximum atomic E-state index is 10.7. The topological polar surface area (TPSA) is 46.3 Å². The number of pyridine rings is 1. The third-order valence-corrected chi connectivity index (χ3v) is 2.97. The van der Waals surface area contributed by atoms with E-state index in [4.69, 9.17) is 4.42 Å². The lowest BCUT2D eigenvalue weighted by molar-refractivity contribution is 0.110. The highest BCUT2D eigenvalue weighted by Gasteiger charge is 2.17. The number of hydrogen-bond donors (Lipinski definition) is 0. The summed E-state index contributed by atoms with van der Waals surface area (Å²) in [6, 6.07) is 3.56. The van der Waals surface area contributed by atoms with E-state index in [1.165, 1.54) is 12.8 Å². The standard InChI is InChI=1S/C12H12N2O2/c15-8-9-7-10-11(16-9)3-4-13-12(10)14-5-1-2-6-14/h3-4,7-8H,1-2,5-6H2. The fourth-order valence-corrected chi connectivity index (χ4v) is 2.21. The normalized spacial score (nSPS) is 15.9. The van der Waals surface area contributed by atoms with Gasteiger partial charge in [0, 0.05) is 19.3 Å². The zero-order chi connectivity index (χ0) is 11.0. The predicted molar refractivity (Wildman–Crippen MR) is 60.8 cm³/mol. The molecule has 0 unspecified atom stereocenters. The molecule has 4 nitrogen and oxygen atoms in total. The van der Waals surface area contributed by atoms with Gasteiger partial charge in [0.2, 0.25) is 0 Å². The predicted octanol–water partition coefficient (Wildman–Crippen LogP) is 2.24. The lowest BCUT2D eigenvalue weighted by Gasteiger charge is -2.16. The van der Waals surface area contributed by atoms with Crippen molar-refractivity contribution in [3.05, 3.63) is 24.1 Å². The molecule has 0 aliphatic carbocycles. The van der Waals surface area contributed by atoms with E-state index in [-0.39, 0.29) is 0 Å². The van der Waals surface area contributed by atoms with Gasteiger partial charge in [0.05, 0.1) is 5.39 Å². The zero-order valence-corrected chi connectivity index (χ0v) is 8.85. The number of carbonyl (C=O) groups is 1. The molecule has 3 rings (SSSR count). The van der Waals surface area contributed by atoms with E-state index >= 15 is 0 Å². The lowest BCUT2D eigenvalue weighted by atomic mass is 10.3. The summed E-state index contributed by atoms with van der Waals surface area (Å²) >= 11 is 0. The maximum absolute atomic E-state index is 10.7. The molecule has 16 heavy (non-hydrogen) atoms. The van der Waals surface area contributed by atoms with Gasteiger partial charge in [-0.2, -0.15) is 0 Å². The smallest absolute Gasteiger partial charge is 0.185 e. The molecule has 0 atom stereocenters. The molecule has 0 aromatic carbocycles. The van der Waals surface area contributed by atoms with Crippen LogP contribution in [0.5, 0.6) is 0 Å². The van der Waals surface area contributed by atoms with Crippen molar-refractivity contribution in [3.63, 3.8) is 0 Å². The SMILES string of the molecule is O=Cc1cc2c(N3CCCC3)nccc2o1. The minimum Gasteiger partial charge on any atom is -0.453 e. The Bertz CT molecular complexity index is 527. The van der Waals surface area contributed by atoms with Gasteiger partial charge in [-0.15, -0.1) is 0 Å². The summed E-state index contributed by atoms with van der Waals surface area (Å²) in [7, 11) is 0. The Kier molecular flexibility index (Phi) is 2.13. The maximum Gasteiger partial charge on any atom is 0.185 e. The van der Waals surface area contributed by atoms with Crippen molar-refractivity contribution in [2.75, 3.05) is 18.0 Å². The van der Waals surface area contributed by atoms with Crippen LogP contribution in [0.4, 0.5) is 5.82 Å². The molecule has 1 saturated heterocycles. The molecule has 0 radical (unpaired) electrons. The van der Waals surface area contributed by atoms with Crippen LogP contribution in [-0.2, 0) is 0 Å². The van der Waals surface area contributed by atoms with Crippen LogP contribution in [0.3, 0.4) is 0 Å². The molecular formula is C12H12N2O2. The Morgan fingerprint density at radius 1 is 1.38 bits per heavy atom. The summed E-state index contributed by atoms with van der Waals surface area (Å²) in [5, 5.41) is 0.937. The minimum absolute atomic E-state index is 0.364. The van der Waals surface area contributed by atoms with E-state index in [0.29, 0.717) is 5.76 Å². The third-order valence-electron chi connectivity index (χ3n) is 2.97. The summed E-state index contributed by atoms with van der Waals surface area (Å²) in [5.41, 5.74) is 0.735. The average Bonchev–Trinajstić information content (AvgIpc) is 2.97. The highest BCUT2D eigenvalue weighted by molar-refractivity contribution is 5.92. The van der Waals surface area contributed by atoms with Crippen LogP contribution in [0, 0.1) is 0 Å². The van der Waals surface area contributed by atoms with Crippen LogP contribution in [-0.4, -0.2) is 24.4 Å². The lowest BCUT2D eigenvalue weighted by Crippen LogP contribution is -2.18. The first-order chi connectivity index (χ1) is 7.88. The molecule has 0 spiro atoms. The van der Waals surface area contributed by atoms with Crippen molar-refractivity contribution < 1.29 is 9.21 Å². The number of carbonyl (C=O) groups excluding carboxylic acids is 1. The van der Waals surface area contributed by atoms with Gasteiger partial charge in [0.1, 0.15) is 11.4 Å². The van der Waals surface area contributed by atoms with E-state index in [9.17, 15) is 4.79 Å². The summed E-state index contributed by atoms with van der Waals surface area (Å²) in [6.45, 7) is 2.07. The van der Waals surface area contributed by atoms with E-state index in [1.54, 1.807) is 18.3 Å². The van der Waals surface area contributed by atoms with Gasteiger partial charge in [0.15, 0.2) is 12.0 Å². The summed E-state index contributed by atoms with van der Waals surface area (Å²) in [4.78, 5) is 17.3. The van der Waals surface area contributed by atoms with Gasteiger partial charge in [0.25, 0.3) is 0 Å². The van der Waals surface area contributed by atoms with Crippen LogP contribution in [0.15, 0.2) is 22.7 Å². The molecule has 2 aromatic rings. The first-order valence-electron chi connectivity index (χ1n) is 5.47. The Balaban J connectivity index is 2.15. The van der Waals surface area contributed by atoms with Gasteiger partial charge in [-0.05, 0) is 25.0 Å². The number of aldehydes is 1. The monoisotopic (exact) mass is 216 g/mol. The number of nitrogens with zero attached hydrogens (tertiary/aromatic N) is 2. The third kappa shape index (κ3) is 1.38. The van der Waals surface area contributed by atoms with E-state index in [2.05, 4.69) is 9.88 Å². The Hall–Kier alpha value is -1.84. The molecule has 1 fully saturated rings.